The number of aryl methyl sites for hydroxylation is 1. The first-order valence-electron chi connectivity index (χ1n) is 5.20. The second kappa shape index (κ2) is 5.39. The highest BCUT2D eigenvalue weighted by Gasteiger charge is 2.05. The third kappa shape index (κ3) is 4.02. The van der Waals surface area contributed by atoms with Crippen LogP contribution in [0.4, 0.5) is 0 Å². The van der Waals surface area contributed by atoms with E-state index in [1.54, 1.807) is 0 Å². The molecule has 0 saturated heterocycles. The Bertz CT molecular complexity index is 336. The van der Waals surface area contributed by atoms with Crippen LogP contribution in [0.15, 0.2) is 24.3 Å². The Morgan fingerprint density at radius 3 is 2.87 bits per heavy atom. The quantitative estimate of drug-likeness (QED) is 0.574. The minimum Gasteiger partial charge on any atom is -0.490 e. The van der Waals surface area contributed by atoms with Crippen LogP contribution in [0.2, 0.25) is 0 Å². The largest absolute Gasteiger partial charge is 0.490 e. The average molecular weight is 206 g/mol. The fourth-order valence-corrected chi connectivity index (χ4v) is 1.42. The predicted octanol–water partition coefficient (Wildman–Crippen LogP) is 2.34. The molecule has 0 radical (unpaired) electrons. The van der Waals surface area contributed by atoms with E-state index in [4.69, 9.17) is 15.9 Å². The second-order valence-corrected chi connectivity index (χ2v) is 3.66. The van der Waals surface area contributed by atoms with Crippen molar-refractivity contribution >= 4 is 5.84 Å². The number of hydrogen-bond donors (Lipinski definition) is 2. The molecule has 3 heteroatoms. The molecule has 0 bridgehead atoms. The van der Waals surface area contributed by atoms with E-state index >= 15 is 0 Å². The van der Waals surface area contributed by atoms with Crippen LogP contribution in [0, 0.1) is 5.41 Å². The number of ether oxygens (including phenoxy) is 1. The van der Waals surface area contributed by atoms with Gasteiger partial charge in [0.1, 0.15) is 11.9 Å². The molecule has 0 aliphatic rings. The van der Waals surface area contributed by atoms with Gasteiger partial charge in [0.25, 0.3) is 0 Å². The Balaban J connectivity index is 2.59. The molecule has 1 rings (SSSR count). The van der Waals surface area contributed by atoms with Crippen molar-refractivity contribution in [3.05, 3.63) is 29.8 Å². The van der Waals surface area contributed by atoms with Crippen LogP contribution in [-0.4, -0.2) is 11.9 Å². The molecule has 0 saturated carbocycles. The summed E-state index contributed by atoms with van der Waals surface area (Å²) in [7, 11) is 0. The van der Waals surface area contributed by atoms with Gasteiger partial charge in [0.15, 0.2) is 0 Å². The molecule has 0 spiro atoms. The predicted molar refractivity (Wildman–Crippen MR) is 62.4 cm³/mol. The van der Waals surface area contributed by atoms with Gasteiger partial charge < -0.3 is 10.5 Å². The molecular formula is C12H18N2O. The maximum Gasteiger partial charge on any atom is 0.119 e. The summed E-state index contributed by atoms with van der Waals surface area (Å²) in [6.07, 6.45) is 1.42. The molecule has 0 aliphatic heterocycles. The maximum atomic E-state index is 7.17. The molecule has 0 fully saturated rings. The highest BCUT2D eigenvalue weighted by Crippen LogP contribution is 2.16. The van der Waals surface area contributed by atoms with Crippen molar-refractivity contribution in [2.24, 2.45) is 5.73 Å². The molecule has 1 atom stereocenters. The molecule has 1 aromatic carbocycles. The topological polar surface area (TPSA) is 59.1 Å². The van der Waals surface area contributed by atoms with Gasteiger partial charge in [0.2, 0.25) is 0 Å². The third-order valence-electron chi connectivity index (χ3n) is 2.15. The van der Waals surface area contributed by atoms with Crippen LogP contribution in [-0.2, 0) is 6.42 Å². The summed E-state index contributed by atoms with van der Waals surface area (Å²) in [5, 5.41) is 7.17. The SMILES string of the molecule is CCc1cccc(OC(C)CC(=N)N)c1. The lowest BCUT2D eigenvalue weighted by molar-refractivity contribution is 0.229. The van der Waals surface area contributed by atoms with Crippen LogP contribution in [0.1, 0.15) is 25.8 Å². The van der Waals surface area contributed by atoms with E-state index < -0.39 is 0 Å². The maximum absolute atomic E-state index is 7.17. The lowest BCUT2D eigenvalue weighted by Crippen LogP contribution is -2.21. The molecular weight excluding hydrogens is 188 g/mol. The Morgan fingerprint density at radius 1 is 1.53 bits per heavy atom. The Labute approximate surface area is 90.8 Å². The van der Waals surface area contributed by atoms with Crippen LogP contribution in [0.25, 0.3) is 0 Å². The zero-order valence-electron chi connectivity index (χ0n) is 9.29. The molecule has 3 nitrogen and oxygen atoms in total. The van der Waals surface area contributed by atoms with Crippen molar-refractivity contribution in [1.82, 2.24) is 0 Å². The standard InChI is InChI=1S/C12H18N2O/c1-3-10-5-4-6-11(8-10)15-9(2)7-12(13)14/h4-6,8-9H,3,7H2,1-2H3,(H3,13,14). The molecule has 0 aromatic heterocycles. The van der Waals surface area contributed by atoms with Gasteiger partial charge in [-0.2, -0.15) is 0 Å². The van der Waals surface area contributed by atoms with Gasteiger partial charge in [0, 0.05) is 6.42 Å². The zero-order valence-corrected chi connectivity index (χ0v) is 9.29. The first-order chi connectivity index (χ1) is 7.11. The molecule has 1 unspecified atom stereocenters. The number of nitrogens with one attached hydrogen (secondary N) is 1. The fourth-order valence-electron chi connectivity index (χ4n) is 1.42. The molecule has 82 valence electrons. The summed E-state index contributed by atoms with van der Waals surface area (Å²) in [4.78, 5) is 0. The first-order valence-corrected chi connectivity index (χ1v) is 5.20. The van der Waals surface area contributed by atoms with Crippen LogP contribution >= 0.6 is 0 Å². The summed E-state index contributed by atoms with van der Waals surface area (Å²) in [5.41, 5.74) is 6.56. The van der Waals surface area contributed by atoms with E-state index in [1.165, 1.54) is 5.56 Å². The molecule has 0 aliphatic carbocycles. The fraction of sp³-hybridized carbons (Fsp3) is 0.417. The van der Waals surface area contributed by atoms with Gasteiger partial charge in [-0.3, -0.25) is 5.41 Å². The molecule has 15 heavy (non-hydrogen) atoms. The number of rotatable bonds is 5. The van der Waals surface area contributed by atoms with E-state index in [2.05, 4.69) is 13.0 Å². The second-order valence-electron chi connectivity index (χ2n) is 3.66. The summed E-state index contributed by atoms with van der Waals surface area (Å²) in [6, 6.07) is 8.00. The highest BCUT2D eigenvalue weighted by atomic mass is 16.5. The average Bonchev–Trinajstić information content (AvgIpc) is 2.16. The van der Waals surface area contributed by atoms with Crippen molar-refractivity contribution in [1.29, 1.82) is 5.41 Å². The zero-order chi connectivity index (χ0) is 11.3. The number of hydrogen-bond acceptors (Lipinski definition) is 2. The molecule has 3 N–H and O–H groups in total. The van der Waals surface area contributed by atoms with Crippen molar-refractivity contribution in [2.75, 3.05) is 0 Å². The summed E-state index contributed by atoms with van der Waals surface area (Å²) < 4.78 is 5.65. The molecule has 0 amide bonds. The molecule has 0 heterocycles. The van der Waals surface area contributed by atoms with E-state index in [0.717, 1.165) is 12.2 Å². The monoisotopic (exact) mass is 206 g/mol. The van der Waals surface area contributed by atoms with E-state index in [0.29, 0.717) is 6.42 Å². The number of nitrogens with two attached hydrogens (primary N) is 1. The Hall–Kier alpha value is -1.51. The lowest BCUT2D eigenvalue weighted by atomic mass is 10.1. The normalized spacial score (nSPS) is 12.1. The van der Waals surface area contributed by atoms with Crippen LogP contribution in [0.3, 0.4) is 0 Å². The number of benzene rings is 1. The van der Waals surface area contributed by atoms with E-state index in [-0.39, 0.29) is 11.9 Å². The van der Waals surface area contributed by atoms with Gasteiger partial charge in [0.05, 0.1) is 5.84 Å². The summed E-state index contributed by atoms with van der Waals surface area (Å²) in [6.45, 7) is 4.03. The minimum absolute atomic E-state index is 0.0467. The van der Waals surface area contributed by atoms with E-state index in [1.807, 2.05) is 25.1 Å². The third-order valence-corrected chi connectivity index (χ3v) is 2.15. The molecule has 1 aromatic rings. The van der Waals surface area contributed by atoms with Gasteiger partial charge in [-0.1, -0.05) is 19.1 Å². The van der Waals surface area contributed by atoms with Crippen molar-refractivity contribution in [2.45, 2.75) is 32.8 Å². The van der Waals surface area contributed by atoms with Gasteiger partial charge >= 0.3 is 0 Å². The van der Waals surface area contributed by atoms with Crippen molar-refractivity contribution < 1.29 is 4.74 Å². The Kier molecular flexibility index (Phi) is 4.16. The lowest BCUT2D eigenvalue weighted by Gasteiger charge is -2.14. The van der Waals surface area contributed by atoms with Crippen molar-refractivity contribution in [3.63, 3.8) is 0 Å². The highest BCUT2D eigenvalue weighted by molar-refractivity contribution is 5.77. The van der Waals surface area contributed by atoms with Gasteiger partial charge in [-0.05, 0) is 31.0 Å². The van der Waals surface area contributed by atoms with E-state index in [9.17, 15) is 0 Å². The summed E-state index contributed by atoms with van der Waals surface area (Å²) >= 11 is 0. The van der Waals surface area contributed by atoms with Crippen LogP contribution in [0.5, 0.6) is 5.75 Å². The van der Waals surface area contributed by atoms with Gasteiger partial charge in [-0.25, -0.2) is 0 Å². The van der Waals surface area contributed by atoms with Crippen molar-refractivity contribution in [3.8, 4) is 5.75 Å². The van der Waals surface area contributed by atoms with Gasteiger partial charge in [-0.15, -0.1) is 0 Å². The Morgan fingerprint density at radius 2 is 2.27 bits per heavy atom. The number of amidine groups is 1. The minimum atomic E-state index is -0.0467. The summed E-state index contributed by atoms with van der Waals surface area (Å²) in [5.74, 6) is 1.01. The van der Waals surface area contributed by atoms with Crippen LogP contribution < -0.4 is 10.5 Å². The smallest absolute Gasteiger partial charge is 0.119 e. The first kappa shape index (κ1) is 11.6.